The SMILES string of the molecule is CCC(C(=O)O)n1c2c(c3cc(F)cc(Cl)c31)C[C@@H](N)CC2. The van der Waals surface area contributed by atoms with E-state index < -0.39 is 17.8 Å². The van der Waals surface area contributed by atoms with Gasteiger partial charge in [-0.15, -0.1) is 0 Å². The summed E-state index contributed by atoms with van der Waals surface area (Å²) < 4.78 is 15.6. The van der Waals surface area contributed by atoms with E-state index in [1.807, 2.05) is 6.92 Å². The summed E-state index contributed by atoms with van der Waals surface area (Å²) in [5.41, 5.74) is 8.52. The van der Waals surface area contributed by atoms with Crippen molar-refractivity contribution in [2.75, 3.05) is 0 Å². The molecule has 3 rings (SSSR count). The molecule has 0 bridgehead atoms. The summed E-state index contributed by atoms with van der Waals surface area (Å²) >= 11 is 6.24. The van der Waals surface area contributed by atoms with E-state index in [-0.39, 0.29) is 11.1 Å². The minimum atomic E-state index is -0.905. The number of nitrogens with zero attached hydrogens (tertiary/aromatic N) is 1. The number of fused-ring (bicyclic) bond motifs is 3. The molecule has 0 radical (unpaired) electrons. The summed E-state index contributed by atoms with van der Waals surface area (Å²) in [7, 11) is 0. The van der Waals surface area contributed by atoms with Crippen LogP contribution in [-0.2, 0) is 17.6 Å². The number of carboxylic acids is 1. The van der Waals surface area contributed by atoms with Crippen LogP contribution in [0, 0.1) is 5.82 Å². The molecule has 1 unspecified atom stereocenters. The van der Waals surface area contributed by atoms with Gasteiger partial charge in [0.25, 0.3) is 0 Å². The van der Waals surface area contributed by atoms with E-state index in [1.54, 1.807) is 4.57 Å². The molecule has 1 heterocycles. The lowest BCUT2D eigenvalue weighted by Crippen LogP contribution is -2.29. The highest BCUT2D eigenvalue weighted by atomic mass is 35.5. The quantitative estimate of drug-likeness (QED) is 0.910. The highest BCUT2D eigenvalue weighted by Crippen LogP contribution is 2.38. The monoisotopic (exact) mass is 324 g/mol. The van der Waals surface area contributed by atoms with Crippen molar-refractivity contribution < 1.29 is 14.3 Å². The Morgan fingerprint density at radius 3 is 2.95 bits per heavy atom. The van der Waals surface area contributed by atoms with E-state index in [4.69, 9.17) is 17.3 Å². The molecule has 6 heteroatoms. The van der Waals surface area contributed by atoms with E-state index in [9.17, 15) is 14.3 Å². The van der Waals surface area contributed by atoms with Crippen LogP contribution < -0.4 is 5.73 Å². The van der Waals surface area contributed by atoms with Crippen molar-refractivity contribution in [3.63, 3.8) is 0 Å². The number of benzene rings is 1. The Morgan fingerprint density at radius 1 is 1.59 bits per heavy atom. The highest BCUT2D eigenvalue weighted by Gasteiger charge is 2.30. The lowest BCUT2D eigenvalue weighted by atomic mass is 9.92. The molecule has 4 nitrogen and oxygen atoms in total. The number of carboxylic acid groups (broad SMARTS) is 1. The molecule has 0 aliphatic heterocycles. The number of hydrogen-bond acceptors (Lipinski definition) is 2. The molecular weight excluding hydrogens is 307 g/mol. The minimum absolute atomic E-state index is 0.0125. The fraction of sp³-hybridized carbons (Fsp3) is 0.438. The zero-order chi connectivity index (χ0) is 16.0. The second-order valence-corrected chi connectivity index (χ2v) is 6.25. The normalized spacial score (nSPS) is 19.2. The maximum atomic E-state index is 13.8. The Morgan fingerprint density at radius 2 is 2.32 bits per heavy atom. The first kappa shape index (κ1) is 15.3. The first-order valence-corrected chi connectivity index (χ1v) is 7.80. The number of hydrogen-bond donors (Lipinski definition) is 2. The van der Waals surface area contributed by atoms with Crippen LogP contribution in [0.2, 0.25) is 5.02 Å². The van der Waals surface area contributed by atoms with Crippen molar-refractivity contribution >= 4 is 28.5 Å². The van der Waals surface area contributed by atoms with Crippen LogP contribution in [0.15, 0.2) is 12.1 Å². The number of nitrogens with two attached hydrogens (primary N) is 1. The van der Waals surface area contributed by atoms with Gasteiger partial charge in [0, 0.05) is 17.1 Å². The lowest BCUT2D eigenvalue weighted by Gasteiger charge is -2.23. The highest BCUT2D eigenvalue weighted by molar-refractivity contribution is 6.35. The average molecular weight is 325 g/mol. The maximum Gasteiger partial charge on any atom is 0.326 e. The van der Waals surface area contributed by atoms with E-state index in [0.29, 0.717) is 30.2 Å². The molecular formula is C16H18ClFN2O2. The molecule has 3 N–H and O–H groups in total. The second-order valence-electron chi connectivity index (χ2n) is 5.84. The third-order valence-electron chi connectivity index (χ3n) is 4.44. The minimum Gasteiger partial charge on any atom is -0.480 e. The Kier molecular flexibility index (Phi) is 3.87. The van der Waals surface area contributed by atoms with Crippen molar-refractivity contribution in [1.82, 2.24) is 4.57 Å². The molecule has 0 saturated carbocycles. The molecule has 1 aromatic heterocycles. The summed E-state index contributed by atoms with van der Waals surface area (Å²) in [6, 6.07) is 1.98. The molecule has 0 amide bonds. The molecule has 1 aliphatic rings. The van der Waals surface area contributed by atoms with Gasteiger partial charge in [-0.1, -0.05) is 18.5 Å². The van der Waals surface area contributed by atoms with Crippen LogP contribution in [-0.4, -0.2) is 21.7 Å². The molecule has 2 aromatic rings. The molecule has 2 atom stereocenters. The molecule has 1 aromatic carbocycles. The Balaban J connectivity index is 2.38. The summed E-state index contributed by atoms with van der Waals surface area (Å²) in [5, 5.41) is 10.5. The number of halogens is 2. The van der Waals surface area contributed by atoms with Crippen molar-refractivity contribution in [2.45, 2.75) is 44.7 Å². The van der Waals surface area contributed by atoms with Gasteiger partial charge in [-0.2, -0.15) is 0 Å². The Hall–Kier alpha value is -1.59. The van der Waals surface area contributed by atoms with Gasteiger partial charge in [-0.05, 0) is 43.4 Å². The summed E-state index contributed by atoms with van der Waals surface area (Å²) in [5.74, 6) is -1.32. The molecule has 0 saturated heterocycles. The smallest absolute Gasteiger partial charge is 0.326 e. The van der Waals surface area contributed by atoms with Gasteiger partial charge in [0.15, 0.2) is 0 Å². The van der Waals surface area contributed by atoms with Gasteiger partial charge in [-0.25, -0.2) is 9.18 Å². The lowest BCUT2D eigenvalue weighted by molar-refractivity contribution is -0.140. The first-order valence-electron chi connectivity index (χ1n) is 7.43. The van der Waals surface area contributed by atoms with Crippen molar-refractivity contribution in [1.29, 1.82) is 0 Å². The van der Waals surface area contributed by atoms with Gasteiger partial charge in [0.2, 0.25) is 0 Å². The average Bonchev–Trinajstić information content (AvgIpc) is 2.74. The Labute approximate surface area is 132 Å². The van der Waals surface area contributed by atoms with Crippen molar-refractivity contribution in [2.24, 2.45) is 5.73 Å². The number of aromatic nitrogens is 1. The van der Waals surface area contributed by atoms with E-state index >= 15 is 0 Å². The third-order valence-corrected chi connectivity index (χ3v) is 4.72. The van der Waals surface area contributed by atoms with Gasteiger partial charge in [-0.3, -0.25) is 0 Å². The van der Waals surface area contributed by atoms with E-state index in [1.165, 1.54) is 12.1 Å². The fourth-order valence-corrected chi connectivity index (χ4v) is 3.77. The van der Waals surface area contributed by atoms with Gasteiger partial charge in [0.1, 0.15) is 11.9 Å². The predicted molar refractivity (Wildman–Crippen MR) is 83.9 cm³/mol. The third kappa shape index (κ3) is 2.29. The topological polar surface area (TPSA) is 68.2 Å². The van der Waals surface area contributed by atoms with Crippen LogP contribution in [0.1, 0.15) is 37.1 Å². The van der Waals surface area contributed by atoms with Crippen LogP contribution in [0.5, 0.6) is 0 Å². The molecule has 0 spiro atoms. The number of carbonyl (C=O) groups is 1. The van der Waals surface area contributed by atoms with Crippen LogP contribution in [0.3, 0.4) is 0 Å². The zero-order valence-electron chi connectivity index (χ0n) is 12.3. The first-order chi connectivity index (χ1) is 10.4. The zero-order valence-corrected chi connectivity index (χ0v) is 13.0. The molecule has 118 valence electrons. The van der Waals surface area contributed by atoms with E-state index in [2.05, 4.69) is 0 Å². The number of rotatable bonds is 3. The van der Waals surface area contributed by atoms with Crippen molar-refractivity contribution in [3.8, 4) is 0 Å². The largest absolute Gasteiger partial charge is 0.480 e. The van der Waals surface area contributed by atoms with Gasteiger partial charge >= 0.3 is 5.97 Å². The fourth-order valence-electron chi connectivity index (χ4n) is 3.47. The van der Waals surface area contributed by atoms with Gasteiger partial charge in [0.05, 0.1) is 10.5 Å². The summed E-state index contributed by atoms with van der Waals surface area (Å²) in [6.07, 6.45) is 2.53. The van der Waals surface area contributed by atoms with Gasteiger partial charge < -0.3 is 15.4 Å². The van der Waals surface area contributed by atoms with Crippen LogP contribution in [0.25, 0.3) is 10.9 Å². The molecule has 1 aliphatic carbocycles. The van der Waals surface area contributed by atoms with Crippen LogP contribution >= 0.6 is 11.6 Å². The number of aliphatic carboxylic acids is 1. The maximum absolute atomic E-state index is 13.8. The van der Waals surface area contributed by atoms with Crippen LogP contribution in [0.4, 0.5) is 4.39 Å². The molecule has 0 fully saturated rings. The summed E-state index contributed by atoms with van der Waals surface area (Å²) in [6.45, 7) is 1.82. The van der Waals surface area contributed by atoms with E-state index in [0.717, 1.165) is 17.7 Å². The second kappa shape index (κ2) is 5.56. The Bertz CT molecular complexity index is 756. The predicted octanol–water partition coefficient (Wildman–Crippen LogP) is 3.29. The standard InChI is InChI=1S/C16H18ClFN2O2/c1-2-13(16(21)22)20-14-4-3-9(19)7-10(14)11-5-8(18)6-12(17)15(11)20/h5-6,9,13H,2-4,7,19H2,1H3,(H,21,22)/t9-,13?/m0/s1. The summed E-state index contributed by atoms with van der Waals surface area (Å²) in [4.78, 5) is 11.6. The molecule has 22 heavy (non-hydrogen) atoms. The van der Waals surface area contributed by atoms with Crippen molar-refractivity contribution in [3.05, 3.63) is 34.2 Å².